The molecule has 1 heterocycles. The van der Waals surface area contributed by atoms with Gasteiger partial charge in [-0.1, -0.05) is 172 Å². The van der Waals surface area contributed by atoms with Gasteiger partial charge in [0.05, 0.1) is 53.4 Å². The van der Waals surface area contributed by atoms with Crippen LogP contribution in [0, 0.1) is 71.5 Å². The summed E-state index contributed by atoms with van der Waals surface area (Å²) in [6.07, 6.45) is -0.944. The van der Waals surface area contributed by atoms with Crippen LogP contribution in [0.25, 0.3) is 0 Å². The summed E-state index contributed by atoms with van der Waals surface area (Å²) >= 11 is 0. The Kier molecular flexibility index (Phi) is 81.7. The number of ether oxygens (including phenoxy) is 16. The normalized spacial score (nSPS) is 11.3. The molecule has 1 rings (SSSR count). The highest BCUT2D eigenvalue weighted by atomic mass is 17.2. The summed E-state index contributed by atoms with van der Waals surface area (Å²) in [5.74, 6) is -6.00. The Labute approximate surface area is 727 Å². The minimum Gasteiger partial charge on any atom is -0.457 e. The third-order valence-electron chi connectivity index (χ3n) is 12.1. The van der Waals surface area contributed by atoms with Crippen molar-refractivity contribution in [3.05, 3.63) is 47.8 Å². The summed E-state index contributed by atoms with van der Waals surface area (Å²) < 4.78 is 85.9. The molecule has 0 fully saturated rings. The summed E-state index contributed by atoms with van der Waals surface area (Å²) in [5.41, 5.74) is -1.21. The summed E-state index contributed by atoms with van der Waals surface area (Å²) in [6.45, 7) is 68.2. The van der Waals surface area contributed by atoms with E-state index < -0.39 is 60.4 Å². The smallest absolute Gasteiger partial charge is 0.457 e. The molecule has 4 atom stereocenters. The van der Waals surface area contributed by atoms with Crippen molar-refractivity contribution in [1.29, 1.82) is 0 Å². The number of esters is 14. The molecular weight excluding hydrogens is 1630 g/mol. The Bertz CT molecular complexity index is 3150. The third-order valence-corrected chi connectivity index (χ3v) is 12.1. The van der Waals surface area contributed by atoms with Crippen LogP contribution in [0.3, 0.4) is 0 Å². The molecule has 0 aliphatic carbocycles. The van der Waals surface area contributed by atoms with Crippen LogP contribution in [0.2, 0.25) is 0 Å². The average molecular weight is 1780 g/mol. The fourth-order valence-corrected chi connectivity index (χ4v) is 5.79. The van der Waals surface area contributed by atoms with Crippen molar-refractivity contribution in [2.45, 2.75) is 331 Å². The molecule has 1 aromatic heterocycles. The van der Waals surface area contributed by atoms with Gasteiger partial charge in [-0.05, 0) is 73.1 Å². The zero-order valence-corrected chi connectivity index (χ0v) is 79.9. The molecule has 0 saturated carbocycles. The Morgan fingerprint density at radius 3 is 0.902 bits per heavy atom. The summed E-state index contributed by atoms with van der Waals surface area (Å²) in [6, 6.07) is 0. The number of aryl methyl sites for hydroxylation is 1. The van der Waals surface area contributed by atoms with Crippen LogP contribution in [0.4, 0.5) is 4.79 Å². The van der Waals surface area contributed by atoms with Gasteiger partial charge in [-0.25, -0.2) is 14.8 Å². The molecule has 0 amide bonds. The molecule has 0 radical (unpaired) electrons. The summed E-state index contributed by atoms with van der Waals surface area (Å²) in [4.78, 5) is 188. The molecule has 0 aromatic carbocycles. The minimum atomic E-state index is -0.940. The van der Waals surface area contributed by atoms with Crippen molar-refractivity contribution in [3.63, 3.8) is 0 Å². The Morgan fingerprint density at radius 2 is 0.650 bits per heavy atom. The van der Waals surface area contributed by atoms with Gasteiger partial charge >= 0.3 is 95.5 Å². The lowest BCUT2D eigenvalue weighted by Crippen LogP contribution is -2.29. The molecule has 0 bridgehead atoms. The van der Waals surface area contributed by atoms with E-state index in [9.17, 15) is 76.7 Å². The first-order chi connectivity index (χ1) is 56.3. The average Bonchev–Trinajstić information content (AvgIpc) is 1.72. The number of hydrogen-bond acceptors (Lipinski definition) is 38. The van der Waals surface area contributed by atoms with Crippen LogP contribution in [0.1, 0.15) is 292 Å². The van der Waals surface area contributed by atoms with E-state index in [4.69, 9.17) is 62.1 Å². The van der Waals surface area contributed by atoms with Crippen LogP contribution >= 0.6 is 0 Å². The van der Waals surface area contributed by atoms with Gasteiger partial charge < -0.3 is 94.4 Å². The third kappa shape index (κ3) is 94.0. The second-order valence-electron chi connectivity index (χ2n) is 30.9. The second-order valence-corrected chi connectivity index (χ2v) is 30.9. The van der Waals surface area contributed by atoms with Gasteiger partial charge in [0.1, 0.15) is 18.1 Å². The van der Waals surface area contributed by atoms with E-state index in [1.807, 2.05) is 48.5 Å². The molecule has 718 valence electrons. The molecule has 0 saturated heterocycles. The molecule has 1 N–H and O–H groups in total. The van der Waals surface area contributed by atoms with Crippen LogP contribution in [-0.4, -0.2) is 152 Å². The predicted molar refractivity (Wildman–Crippen MR) is 445 cm³/mol. The topological polar surface area (TPSA) is 495 Å². The van der Waals surface area contributed by atoms with Crippen LogP contribution < -0.4 is 5.82 Å². The highest BCUT2D eigenvalue weighted by molar-refractivity contribution is 5.77. The predicted octanol–water partition coefficient (Wildman–Crippen LogP) is 15.9. The number of carbonyl (C=O) groups excluding carboxylic acids is 15. The van der Waals surface area contributed by atoms with Gasteiger partial charge in [0, 0.05) is 73.1 Å². The quantitative estimate of drug-likeness (QED) is 0.0124. The Hall–Kier alpha value is -10.1. The molecule has 38 heteroatoms. The molecule has 0 spiro atoms. The summed E-state index contributed by atoms with van der Waals surface area (Å²) in [5, 5.41) is 7.26. The zero-order valence-electron chi connectivity index (χ0n) is 79.9. The number of rotatable bonds is 36. The zero-order chi connectivity index (χ0) is 98.4. The largest absolute Gasteiger partial charge is 0.519 e. The van der Waals surface area contributed by atoms with Gasteiger partial charge in [-0.15, -0.1) is 0 Å². The van der Waals surface area contributed by atoms with E-state index in [2.05, 4.69) is 55.6 Å². The van der Waals surface area contributed by atoms with E-state index in [0.717, 1.165) is 6.26 Å². The van der Waals surface area contributed by atoms with Crippen molar-refractivity contribution in [2.75, 3.05) is 20.2 Å². The van der Waals surface area contributed by atoms with Crippen molar-refractivity contribution in [2.24, 2.45) is 64.6 Å². The van der Waals surface area contributed by atoms with E-state index in [1.165, 1.54) is 34.0 Å². The van der Waals surface area contributed by atoms with E-state index in [0.29, 0.717) is 38.1 Å². The first kappa shape index (κ1) is 131. The second kappa shape index (κ2) is 76.7. The molecule has 38 nitrogen and oxygen atoms in total. The van der Waals surface area contributed by atoms with Gasteiger partial charge in [0.25, 0.3) is 0 Å². The first-order valence-electron chi connectivity index (χ1n) is 40.3. The lowest BCUT2D eigenvalue weighted by atomic mass is 9.97. The van der Waals surface area contributed by atoms with Gasteiger partial charge in [-0.3, -0.25) is 67.1 Å². The maximum Gasteiger partial charge on any atom is 0.519 e. The van der Waals surface area contributed by atoms with Crippen LogP contribution in [-0.2, 0) is 164 Å². The lowest BCUT2D eigenvalue weighted by molar-refractivity contribution is -0.244. The Balaban J connectivity index is -0.000000170. The monoisotopic (exact) mass is 1780 g/mol. The molecule has 0 aliphatic heterocycles. The van der Waals surface area contributed by atoms with Gasteiger partial charge in [0.15, 0.2) is 18.1 Å². The molecule has 1 aromatic rings. The highest BCUT2D eigenvalue weighted by Crippen LogP contribution is 2.18. The fourth-order valence-electron chi connectivity index (χ4n) is 5.79. The minimum absolute atomic E-state index is 0.0525. The van der Waals surface area contributed by atoms with Crippen LogP contribution in [0.5, 0.6) is 0 Å². The van der Waals surface area contributed by atoms with Crippen LogP contribution in [0.15, 0.2) is 39.3 Å². The number of hydrogen-bond donors (Lipinski definition) is 1. The lowest BCUT2D eigenvalue weighted by Gasteiger charge is -2.21. The van der Waals surface area contributed by atoms with Crippen molar-refractivity contribution in [1.82, 2.24) is 0 Å². The highest BCUT2D eigenvalue weighted by Gasteiger charge is 2.28. The molecular formula is C85H150O38. The van der Waals surface area contributed by atoms with Gasteiger partial charge in [0.2, 0.25) is 45.0 Å². The maximum atomic E-state index is 11.5. The van der Waals surface area contributed by atoms with E-state index >= 15 is 0 Å². The van der Waals surface area contributed by atoms with Gasteiger partial charge in [-0.2, -0.15) is 4.89 Å². The van der Waals surface area contributed by atoms with Crippen molar-refractivity contribution < 1.29 is 176 Å². The standard InChI is InChI=1S/C12H22O4.C11H20O5.C10H14O5.2C10H18O4.2C9H16O4.C8H14O4.C4H8O2.C2H4O2/c1-8(2)7-10(13)15-9(3)16-11(14)12(4,5)6;1-7(2)9(12)14-8(3)15-10(13)16-11(4,5)6;1-6(2)4-9(11)13-5-8-7(3)14-10(12)15-8;1-6(2)9(11)13-8(5)14-10(12)7(3)4;1-5-9(11)13-8(4)14-10(12)6-7(2)3;1-6(2)8(10)12-5-13-9(11)7(3)4;1-5-8(10)12-7(4)13-9(11)6(2)3;1-4-7(9)11-5-12-8(10)6(2)3;1-3-5-6-4-2;1-2-4-3/h8-9H,7H2,1-6H3;7-8H,1-6H3;6H,4-5H2,1-3H3;6-8H,1-5H3;7-8H,5-6H2,1-4H3;2*6-7H,5H2,1-4H3;6H,4-5H2,1-3H3;3H,1,4H2,2H3;2-3H,1H2. The molecule has 123 heavy (non-hydrogen) atoms. The number of carbonyl (C=O) groups is 15. The van der Waals surface area contributed by atoms with Crippen molar-refractivity contribution >= 4 is 89.7 Å². The van der Waals surface area contributed by atoms with E-state index in [-0.39, 0.29) is 176 Å². The molecule has 4 unspecified atom stereocenters. The van der Waals surface area contributed by atoms with E-state index in [1.54, 1.807) is 173 Å². The first-order valence-corrected chi connectivity index (χ1v) is 40.3. The Morgan fingerprint density at radius 1 is 0.366 bits per heavy atom. The summed E-state index contributed by atoms with van der Waals surface area (Å²) in [7, 11) is 0. The SMILES string of the molecule is C=COO.C=COOCC.CC(C)C(=O)OCOC(=O)C(C)C.CC(C)CC(=O)OC(C)OC(=O)C(C)(C)C.CC(OC(=O)C(C)C)OC(=O)C(C)C.CC(OC(=O)OC(C)(C)C)OC(=O)C(C)C.CCC(=O)OC(C)OC(=O)C(C)C.CCC(=O)OC(C)OC(=O)CC(C)C.CCC(=O)OCOC(=O)C(C)C.Cc1oc(=O)oc1COC(=O)CC(C)C. The maximum absolute atomic E-state index is 11.5. The van der Waals surface area contributed by atoms with Crippen molar-refractivity contribution in [3.8, 4) is 0 Å². The molecule has 0 aliphatic rings. The fraction of sp³-hybridized carbons (Fsp3) is 0.741.